The first-order chi connectivity index (χ1) is 16.2. The molecule has 0 fully saturated rings. The quantitative estimate of drug-likeness (QED) is 0.169. The Labute approximate surface area is 197 Å². The summed E-state index contributed by atoms with van der Waals surface area (Å²) in [6.45, 7) is 0.548. The standard InChI is InChI=1S/C26H25N5OS/c32-26(31-24-14-12-23(13-15-24)30-22-5-2-1-3-6-22)27-17-16-20-8-10-21(11-9-20)28-19-29-25-7-4-18-33-25/h1-15,18-19,30H,16-17H2,(H,28,29)(H2,27,31,32). The van der Waals surface area contributed by atoms with E-state index in [9.17, 15) is 4.79 Å². The van der Waals surface area contributed by atoms with Crippen LogP contribution in [-0.2, 0) is 6.42 Å². The molecule has 0 radical (unpaired) electrons. The van der Waals surface area contributed by atoms with Crippen LogP contribution in [0.15, 0.2) is 101 Å². The Morgan fingerprint density at radius 1 is 0.788 bits per heavy atom. The second-order valence-corrected chi connectivity index (χ2v) is 8.18. The number of nitrogens with one attached hydrogen (secondary N) is 4. The van der Waals surface area contributed by atoms with Crippen LogP contribution in [0, 0.1) is 0 Å². The number of para-hydroxylation sites is 1. The van der Waals surface area contributed by atoms with Gasteiger partial charge in [0.15, 0.2) is 0 Å². The zero-order valence-corrected chi connectivity index (χ0v) is 18.8. The van der Waals surface area contributed by atoms with E-state index in [1.807, 2.05) is 96.4 Å². The lowest BCUT2D eigenvalue weighted by molar-refractivity contribution is 0.252. The largest absolute Gasteiger partial charge is 0.356 e. The van der Waals surface area contributed by atoms with Crippen molar-refractivity contribution in [1.82, 2.24) is 5.32 Å². The van der Waals surface area contributed by atoms with Crippen molar-refractivity contribution in [2.45, 2.75) is 6.42 Å². The van der Waals surface area contributed by atoms with Gasteiger partial charge in [-0.05, 0) is 78.0 Å². The molecule has 0 atom stereocenters. The number of urea groups is 1. The van der Waals surface area contributed by atoms with E-state index < -0.39 is 0 Å². The maximum atomic E-state index is 12.2. The summed E-state index contributed by atoms with van der Waals surface area (Å²) in [5, 5.41) is 15.2. The Morgan fingerprint density at radius 2 is 1.48 bits per heavy atom. The molecule has 1 heterocycles. The molecule has 4 N–H and O–H groups in total. The maximum Gasteiger partial charge on any atom is 0.319 e. The number of carbonyl (C=O) groups is 1. The SMILES string of the molecule is O=C(NCCc1ccc(N/C=N/c2cccs2)cc1)Nc1ccc(Nc2ccccc2)cc1. The summed E-state index contributed by atoms with van der Waals surface area (Å²) in [6, 6.07) is 29.4. The minimum absolute atomic E-state index is 0.221. The number of thiophene rings is 1. The summed E-state index contributed by atoms with van der Waals surface area (Å²) in [5.74, 6) is 0. The number of rotatable bonds is 9. The molecule has 1 aromatic heterocycles. The molecule has 3 aromatic carbocycles. The molecule has 0 aliphatic carbocycles. The Hall–Kier alpha value is -4.10. The van der Waals surface area contributed by atoms with E-state index in [-0.39, 0.29) is 6.03 Å². The predicted octanol–water partition coefficient (Wildman–Crippen LogP) is 6.63. The molecule has 0 aliphatic heterocycles. The van der Waals surface area contributed by atoms with Gasteiger partial charge in [0.05, 0.1) is 6.34 Å². The maximum absolute atomic E-state index is 12.2. The van der Waals surface area contributed by atoms with Gasteiger partial charge in [-0.2, -0.15) is 0 Å². The van der Waals surface area contributed by atoms with Gasteiger partial charge in [-0.15, -0.1) is 11.3 Å². The average Bonchev–Trinajstić information content (AvgIpc) is 3.36. The summed E-state index contributed by atoms with van der Waals surface area (Å²) < 4.78 is 0. The fourth-order valence-corrected chi connectivity index (χ4v) is 3.67. The van der Waals surface area contributed by atoms with E-state index in [0.29, 0.717) is 6.54 Å². The van der Waals surface area contributed by atoms with Crippen molar-refractivity contribution in [3.63, 3.8) is 0 Å². The Kier molecular flexibility index (Phi) is 7.70. The van der Waals surface area contributed by atoms with Crippen molar-refractivity contribution in [1.29, 1.82) is 0 Å². The van der Waals surface area contributed by atoms with Gasteiger partial charge >= 0.3 is 6.03 Å². The number of nitrogens with zero attached hydrogens (tertiary/aromatic N) is 1. The van der Waals surface area contributed by atoms with E-state index in [1.165, 1.54) is 0 Å². The molecule has 2 amide bonds. The van der Waals surface area contributed by atoms with Gasteiger partial charge in [-0.25, -0.2) is 9.79 Å². The highest BCUT2D eigenvalue weighted by molar-refractivity contribution is 7.13. The first-order valence-electron chi connectivity index (χ1n) is 10.6. The minimum atomic E-state index is -0.221. The number of amides is 2. The van der Waals surface area contributed by atoms with Gasteiger partial charge in [-0.1, -0.05) is 30.3 Å². The number of hydrogen-bond acceptors (Lipinski definition) is 4. The second kappa shape index (κ2) is 11.5. The van der Waals surface area contributed by atoms with Gasteiger partial charge in [0.2, 0.25) is 0 Å². The van der Waals surface area contributed by atoms with Crippen molar-refractivity contribution < 1.29 is 4.79 Å². The van der Waals surface area contributed by atoms with Crippen LogP contribution in [0.25, 0.3) is 0 Å². The van der Waals surface area contributed by atoms with E-state index >= 15 is 0 Å². The lowest BCUT2D eigenvalue weighted by Crippen LogP contribution is -2.30. The van der Waals surface area contributed by atoms with Crippen LogP contribution < -0.4 is 21.3 Å². The van der Waals surface area contributed by atoms with Crippen molar-refractivity contribution in [3.05, 3.63) is 102 Å². The van der Waals surface area contributed by atoms with Gasteiger partial charge in [0.25, 0.3) is 0 Å². The summed E-state index contributed by atoms with van der Waals surface area (Å²) in [5.41, 5.74) is 4.84. The molecule has 0 aliphatic rings. The summed E-state index contributed by atoms with van der Waals surface area (Å²) >= 11 is 1.59. The van der Waals surface area contributed by atoms with Crippen LogP contribution in [0.2, 0.25) is 0 Å². The first kappa shape index (κ1) is 22.1. The fourth-order valence-electron chi connectivity index (χ4n) is 3.10. The number of aliphatic imine (C=N–C) groups is 1. The molecule has 33 heavy (non-hydrogen) atoms. The smallest absolute Gasteiger partial charge is 0.319 e. The molecular weight excluding hydrogens is 430 g/mol. The van der Waals surface area contributed by atoms with Crippen LogP contribution in [0.3, 0.4) is 0 Å². The van der Waals surface area contributed by atoms with E-state index in [1.54, 1.807) is 17.7 Å². The Balaban J connectivity index is 1.17. The molecule has 0 bridgehead atoms. The van der Waals surface area contributed by atoms with Crippen LogP contribution >= 0.6 is 11.3 Å². The van der Waals surface area contributed by atoms with Crippen LogP contribution in [0.4, 0.5) is 32.5 Å². The van der Waals surface area contributed by atoms with Gasteiger partial charge in [0, 0.05) is 29.3 Å². The molecule has 0 unspecified atom stereocenters. The lowest BCUT2D eigenvalue weighted by Gasteiger charge is -2.10. The van der Waals surface area contributed by atoms with E-state index in [0.717, 1.165) is 39.7 Å². The van der Waals surface area contributed by atoms with E-state index in [4.69, 9.17) is 0 Å². The van der Waals surface area contributed by atoms with Crippen molar-refractivity contribution >= 4 is 51.5 Å². The lowest BCUT2D eigenvalue weighted by atomic mass is 10.1. The summed E-state index contributed by atoms with van der Waals surface area (Å²) in [4.78, 5) is 16.5. The number of benzene rings is 3. The highest BCUT2D eigenvalue weighted by Gasteiger charge is 2.02. The molecule has 0 saturated carbocycles. The highest BCUT2D eigenvalue weighted by atomic mass is 32.1. The fraction of sp³-hybridized carbons (Fsp3) is 0.0769. The number of anilines is 4. The predicted molar refractivity (Wildman–Crippen MR) is 139 cm³/mol. The van der Waals surface area contributed by atoms with Crippen LogP contribution in [0.1, 0.15) is 5.56 Å². The molecule has 0 spiro atoms. The Bertz CT molecular complexity index is 1160. The average molecular weight is 456 g/mol. The monoisotopic (exact) mass is 455 g/mol. The topological polar surface area (TPSA) is 77.5 Å². The third-order valence-corrected chi connectivity index (χ3v) is 5.56. The van der Waals surface area contributed by atoms with E-state index in [2.05, 4.69) is 26.3 Å². The van der Waals surface area contributed by atoms with Crippen LogP contribution in [-0.4, -0.2) is 18.9 Å². The number of carbonyl (C=O) groups excluding carboxylic acids is 1. The first-order valence-corrected chi connectivity index (χ1v) is 11.5. The molecule has 4 rings (SSSR count). The molecular formula is C26H25N5OS. The molecule has 6 nitrogen and oxygen atoms in total. The molecule has 4 aromatic rings. The molecule has 0 saturated heterocycles. The van der Waals surface area contributed by atoms with Crippen molar-refractivity contribution in [3.8, 4) is 0 Å². The third kappa shape index (κ3) is 7.22. The zero-order chi connectivity index (χ0) is 22.7. The van der Waals surface area contributed by atoms with Gasteiger partial charge in [0.1, 0.15) is 5.00 Å². The summed E-state index contributed by atoms with van der Waals surface area (Å²) in [6.07, 6.45) is 2.44. The molecule has 166 valence electrons. The van der Waals surface area contributed by atoms with Gasteiger partial charge in [-0.3, -0.25) is 0 Å². The number of hydrogen-bond donors (Lipinski definition) is 4. The highest BCUT2D eigenvalue weighted by Crippen LogP contribution is 2.19. The normalized spacial score (nSPS) is 10.7. The van der Waals surface area contributed by atoms with Crippen LogP contribution in [0.5, 0.6) is 0 Å². The molecule has 7 heteroatoms. The zero-order valence-electron chi connectivity index (χ0n) is 18.0. The second-order valence-electron chi connectivity index (χ2n) is 7.25. The summed E-state index contributed by atoms with van der Waals surface area (Å²) in [7, 11) is 0. The van der Waals surface area contributed by atoms with Crippen molar-refractivity contribution in [2.75, 3.05) is 22.5 Å². The Morgan fingerprint density at radius 3 is 2.21 bits per heavy atom. The third-order valence-electron chi connectivity index (χ3n) is 4.79. The van der Waals surface area contributed by atoms with Crippen molar-refractivity contribution in [2.24, 2.45) is 4.99 Å². The van der Waals surface area contributed by atoms with Gasteiger partial charge < -0.3 is 21.3 Å². The minimum Gasteiger partial charge on any atom is -0.356 e.